The summed E-state index contributed by atoms with van der Waals surface area (Å²) >= 11 is 0. The molecule has 0 spiro atoms. The molecule has 3 rings (SSSR count). The molecule has 0 radical (unpaired) electrons. The summed E-state index contributed by atoms with van der Waals surface area (Å²) in [4.78, 5) is 14.8. The minimum absolute atomic E-state index is 0.224. The van der Waals surface area contributed by atoms with Gasteiger partial charge in [0.1, 0.15) is 0 Å². The molecular formula is C17H30N2O. The number of hydrogen-bond donors (Lipinski definition) is 1. The van der Waals surface area contributed by atoms with Gasteiger partial charge in [-0.1, -0.05) is 25.7 Å². The molecule has 20 heavy (non-hydrogen) atoms. The summed E-state index contributed by atoms with van der Waals surface area (Å²) in [5, 5.41) is 0. The number of amides is 1. The average molecular weight is 278 g/mol. The Morgan fingerprint density at radius 1 is 1.10 bits per heavy atom. The maximum absolute atomic E-state index is 12.7. The Labute approximate surface area is 123 Å². The Hall–Kier alpha value is -0.570. The summed E-state index contributed by atoms with van der Waals surface area (Å²) < 4.78 is 0. The Kier molecular flexibility index (Phi) is 4.34. The van der Waals surface area contributed by atoms with Crippen LogP contribution >= 0.6 is 0 Å². The van der Waals surface area contributed by atoms with E-state index < -0.39 is 0 Å². The topological polar surface area (TPSA) is 46.3 Å². The molecule has 0 aromatic carbocycles. The first-order chi connectivity index (χ1) is 9.65. The van der Waals surface area contributed by atoms with E-state index in [4.69, 9.17) is 5.73 Å². The van der Waals surface area contributed by atoms with Crippen LogP contribution in [0.15, 0.2) is 0 Å². The lowest BCUT2D eigenvalue weighted by Gasteiger charge is -2.39. The van der Waals surface area contributed by atoms with Crippen molar-refractivity contribution >= 4 is 5.91 Å². The zero-order valence-electron chi connectivity index (χ0n) is 12.9. The van der Waals surface area contributed by atoms with Crippen molar-refractivity contribution < 1.29 is 4.79 Å². The van der Waals surface area contributed by atoms with Crippen molar-refractivity contribution in [3.05, 3.63) is 0 Å². The van der Waals surface area contributed by atoms with Crippen molar-refractivity contribution in [2.45, 2.75) is 64.3 Å². The SMILES string of the molecule is CC(N)C1CCN(C(=O)C2CCC3CCCCC3C2)C1. The maximum Gasteiger partial charge on any atom is 0.225 e. The highest BCUT2D eigenvalue weighted by atomic mass is 16.2. The molecule has 0 aromatic heterocycles. The Bertz CT molecular complexity index is 355. The van der Waals surface area contributed by atoms with Crippen LogP contribution in [-0.4, -0.2) is 29.9 Å². The van der Waals surface area contributed by atoms with Gasteiger partial charge in [-0.3, -0.25) is 4.79 Å². The van der Waals surface area contributed by atoms with Crippen LogP contribution in [0.25, 0.3) is 0 Å². The maximum atomic E-state index is 12.7. The minimum atomic E-state index is 0.224. The fourth-order valence-electron chi connectivity index (χ4n) is 4.77. The van der Waals surface area contributed by atoms with Gasteiger partial charge in [-0.05, 0) is 50.4 Å². The van der Waals surface area contributed by atoms with Gasteiger partial charge < -0.3 is 10.6 Å². The summed E-state index contributed by atoms with van der Waals surface area (Å²) in [6.45, 7) is 3.92. The van der Waals surface area contributed by atoms with E-state index >= 15 is 0 Å². The summed E-state index contributed by atoms with van der Waals surface area (Å²) in [5.74, 6) is 3.06. The highest BCUT2D eigenvalue weighted by Gasteiger charge is 2.38. The number of hydrogen-bond acceptors (Lipinski definition) is 2. The third-order valence-corrected chi connectivity index (χ3v) is 6.17. The van der Waals surface area contributed by atoms with E-state index in [0.717, 1.165) is 37.8 Å². The summed E-state index contributed by atoms with van der Waals surface area (Å²) in [5.41, 5.74) is 5.99. The summed E-state index contributed by atoms with van der Waals surface area (Å²) in [7, 11) is 0. The molecule has 3 fully saturated rings. The Morgan fingerprint density at radius 3 is 2.55 bits per heavy atom. The van der Waals surface area contributed by atoms with Gasteiger partial charge in [-0.15, -0.1) is 0 Å². The Morgan fingerprint density at radius 2 is 1.85 bits per heavy atom. The number of carbonyl (C=O) groups is 1. The zero-order valence-corrected chi connectivity index (χ0v) is 12.9. The highest BCUT2D eigenvalue weighted by molar-refractivity contribution is 5.79. The molecule has 5 atom stereocenters. The van der Waals surface area contributed by atoms with Gasteiger partial charge in [-0.2, -0.15) is 0 Å². The lowest BCUT2D eigenvalue weighted by Crippen LogP contribution is -2.40. The lowest BCUT2D eigenvalue weighted by molar-refractivity contribution is -0.137. The molecule has 1 aliphatic heterocycles. The van der Waals surface area contributed by atoms with Crippen molar-refractivity contribution in [2.75, 3.05) is 13.1 Å². The molecule has 1 saturated heterocycles. The molecule has 0 aromatic rings. The van der Waals surface area contributed by atoms with E-state index in [2.05, 4.69) is 11.8 Å². The molecule has 2 saturated carbocycles. The third kappa shape index (κ3) is 2.88. The molecule has 0 bridgehead atoms. The highest BCUT2D eigenvalue weighted by Crippen LogP contribution is 2.43. The van der Waals surface area contributed by atoms with Crippen LogP contribution in [0.3, 0.4) is 0 Å². The lowest BCUT2D eigenvalue weighted by atomic mass is 9.67. The molecular weight excluding hydrogens is 248 g/mol. The molecule has 1 amide bonds. The predicted molar refractivity (Wildman–Crippen MR) is 81.1 cm³/mol. The molecule has 2 aliphatic carbocycles. The van der Waals surface area contributed by atoms with Gasteiger partial charge in [0, 0.05) is 25.0 Å². The standard InChI is InChI=1S/C17H30N2O/c1-12(18)16-8-9-19(11-16)17(20)15-7-6-13-4-2-3-5-14(13)10-15/h12-16H,2-11,18H2,1H3. The zero-order chi connectivity index (χ0) is 14.1. The van der Waals surface area contributed by atoms with Crippen LogP contribution in [0.1, 0.15) is 58.3 Å². The van der Waals surface area contributed by atoms with E-state index in [-0.39, 0.29) is 6.04 Å². The third-order valence-electron chi connectivity index (χ3n) is 6.17. The normalized spacial score (nSPS) is 39.4. The predicted octanol–water partition coefficient (Wildman–Crippen LogP) is 2.79. The number of carbonyl (C=O) groups excluding carboxylic acids is 1. The van der Waals surface area contributed by atoms with Crippen molar-refractivity contribution in [3.8, 4) is 0 Å². The molecule has 114 valence electrons. The fraction of sp³-hybridized carbons (Fsp3) is 0.941. The smallest absolute Gasteiger partial charge is 0.225 e. The van der Waals surface area contributed by atoms with Gasteiger partial charge in [-0.25, -0.2) is 0 Å². The summed E-state index contributed by atoms with van der Waals surface area (Å²) in [6, 6.07) is 0.224. The van der Waals surface area contributed by atoms with E-state index in [0.29, 0.717) is 17.7 Å². The minimum Gasteiger partial charge on any atom is -0.342 e. The molecule has 1 heterocycles. The van der Waals surface area contributed by atoms with Crippen molar-refractivity contribution in [2.24, 2.45) is 29.4 Å². The van der Waals surface area contributed by atoms with Crippen molar-refractivity contribution in [1.29, 1.82) is 0 Å². The summed E-state index contributed by atoms with van der Waals surface area (Å²) in [6.07, 6.45) is 10.3. The first-order valence-corrected chi connectivity index (χ1v) is 8.69. The van der Waals surface area contributed by atoms with E-state index in [1.165, 1.54) is 38.5 Å². The largest absolute Gasteiger partial charge is 0.342 e. The number of fused-ring (bicyclic) bond motifs is 1. The average Bonchev–Trinajstić information content (AvgIpc) is 2.96. The van der Waals surface area contributed by atoms with E-state index in [1.807, 2.05) is 0 Å². The van der Waals surface area contributed by atoms with Gasteiger partial charge in [0.15, 0.2) is 0 Å². The first-order valence-electron chi connectivity index (χ1n) is 8.69. The van der Waals surface area contributed by atoms with Crippen molar-refractivity contribution in [3.63, 3.8) is 0 Å². The monoisotopic (exact) mass is 278 g/mol. The number of nitrogens with two attached hydrogens (primary N) is 1. The quantitative estimate of drug-likeness (QED) is 0.844. The van der Waals surface area contributed by atoms with E-state index in [1.54, 1.807) is 0 Å². The number of nitrogens with zero attached hydrogens (tertiary/aromatic N) is 1. The van der Waals surface area contributed by atoms with Gasteiger partial charge in [0.2, 0.25) is 5.91 Å². The number of rotatable bonds is 2. The van der Waals surface area contributed by atoms with Gasteiger partial charge in [0.25, 0.3) is 0 Å². The first kappa shape index (κ1) is 14.4. The van der Waals surface area contributed by atoms with Crippen LogP contribution in [0.5, 0.6) is 0 Å². The van der Waals surface area contributed by atoms with Crippen LogP contribution in [0.2, 0.25) is 0 Å². The van der Waals surface area contributed by atoms with Gasteiger partial charge >= 0.3 is 0 Å². The Balaban J connectivity index is 1.55. The molecule has 5 unspecified atom stereocenters. The molecule has 2 N–H and O–H groups in total. The van der Waals surface area contributed by atoms with Gasteiger partial charge in [0.05, 0.1) is 0 Å². The van der Waals surface area contributed by atoms with Crippen LogP contribution in [0, 0.1) is 23.7 Å². The molecule has 3 nitrogen and oxygen atoms in total. The molecule has 3 heteroatoms. The second kappa shape index (κ2) is 6.05. The van der Waals surface area contributed by atoms with Crippen LogP contribution in [0.4, 0.5) is 0 Å². The number of likely N-dealkylation sites (tertiary alicyclic amines) is 1. The second-order valence-corrected chi connectivity index (χ2v) is 7.51. The second-order valence-electron chi connectivity index (χ2n) is 7.51. The van der Waals surface area contributed by atoms with Crippen LogP contribution in [-0.2, 0) is 4.79 Å². The fourth-order valence-corrected chi connectivity index (χ4v) is 4.77. The van der Waals surface area contributed by atoms with Crippen molar-refractivity contribution in [1.82, 2.24) is 4.90 Å². The van der Waals surface area contributed by atoms with Crippen LogP contribution < -0.4 is 5.73 Å². The molecule has 3 aliphatic rings. The van der Waals surface area contributed by atoms with E-state index in [9.17, 15) is 4.79 Å².